The van der Waals surface area contributed by atoms with E-state index in [9.17, 15) is 4.79 Å². The van der Waals surface area contributed by atoms with Gasteiger partial charge in [0, 0.05) is 31.8 Å². The second-order valence-electron chi connectivity index (χ2n) is 5.36. The highest BCUT2D eigenvalue weighted by atomic mass is 16.6. The summed E-state index contributed by atoms with van der Waals surface area (Å²) in [6, 6.07) is 0.999. The molecule has 0 aromatic rings. The maximum atomic E-state index is 11.8. The lowest BCUT2D eigenvalue weighted by Gasteiger charge is -2.37. The predicted octanol–water partition coefficient (Wildman–Crippen LogP) is 0.968. The number of rotatable bonds is 5. The lowest BCUT2D eigenvalue weighted by Crippen LogP contribution is -2.52. The number of aliphatic hydroxyl groups is 1. The van der Waals surface area contributed by atoms with E-state index in [1.54, 1.807) is 4.90 Å². The zero-order valence-corrected chi connectivity index (χ0v) is 11.1. The first-order chi connectivity index (χ1) is 8.72. The fourth-order valence-electron chi connectivity index (χ4n) is 2.66. The molecule has 1 aliphatic carbocycles. The molecule has 2 unspecified atom stereocenters. The average molecular weight is 256 g/mol. The van der Waals surface area contributed by atoms with Crippen molar-refractivity contribution in [1.29, 1.82) is 0 Å². The van der Waals surface area contributed by atoms with E-state index in [0.29, 0.717) is 31.2 Å². The van der Waals surface area contributed by atoms with Gasteiger partial charge in [0.2, 0.25) is 0 Å². The summed E-state index contributed by atoms with van der Waals surface area (Å²) in [6.07, 6.45) is 4.09. The molecule has 5 heteroatoms. The number of carbonyl (C=O) groups is 1. The summed E-state index contributed by atoms with van der Waals surface area (Å²) in [7, 11) is 0. The van der Waals surface area contributed by atoms with Gasteiger partial charge in [-0.25, -0.2) is 4.79 Å². The van der Waals surface area contributed by atoms with Crippen LogP contribution in [-0.2, 0) is 4.74 Å². The molecule has 2 fully saturated rings. The van der Waals surface area contributed by atoms with E-state index >= 15 is 0 Å². The van der Waals surface area contributed by atoms with Gasteiger partial charge in [-0.3, -0.25) is 0 Å². The van der Waals surface area contributed by atoms with Crippen molar-refractivity contribution < 1.29 is 14.6 Å². The van der Waals surface area contributed by atoms with Crippen LogP contribution in [0.25, 0.3) is 0 Å². The van der Waals surface area contributed by atoms with Crippen molar-refractivity contribution in [3.8, 4) is 0 Å². The molecule has 0 radical (unpaired) electrons. The van der Waals surface area contributed by atoms with Crippen LogP contribution in [0.1, 0.15) is 32.6 Å². The highest BCUT2D eigenvalue weighted by molar-refractivity contribution is 5.67. The Labute approximate surface area is 108 Å². The predicted molar refractivity (Wildman–Crippen MR) is 68.4 cm³/mol. The third-order valence-corrected chi connectivity index (χ3v) is 3.65. The lowest BCUT2D eigenvalue weighted by atomic mass is 9.92. The minimum absolute atomic E-state index is 0.192. The summed E-state index contributed by atoms with van der Waals surface area (Å²) < 4.78 is 5.07. The molecule has 0 bridgehead atoms. The van der Waals surface area contributed by atoms with E-state index < -0.39 is 0 Å². The molecule has 2 rings (SSSR count). The average Bonchev–Trinajstić information content (AvgIpc) is 3.13. The molecule has 2 N–H and O–H groups in total. The number of nitrogens with one attached hydrogen (secondary N) is 1. The summed E-state index contributed by atoms with van der Waals surface area (Å²) in [5, 5.41) is 12.6. The molecule has 0 spiro atoms. The van der Waals surface area contributed by atoms with Crippen molar-refractivity contribution in [2.75, 3.05) is 26.3 Å². The Morgan fingerprint density at radius 3 is 2.78 bits per heavy atom. The summed E-state index contributed by atoms with van der Waals surface area (Å²) in [5.74, 6) is 0.379. The van der Waals surface area contributed by atoms with Crippen LogP contribution in [0.5, 0.6) is 0 Å². The number of piperidine rings is 1. The Morgan fingerprint density at radius 2 is 2.17 bits per heavy atom. The second kappa shape index (κ2) is 6.38. The van der Waals surface area contributed by atoms with Gasteiger partial charge in [0.1, 0.15) is 0 Å². The van der Waals surface area contributed by atoms with Crippen molar-refractivity contribution in [2.45, 2.75) is 44.7 Å². The third kappa shape index (κ3) is 3.85. The lowest BCUT2D eigenvalue weighted by molar-refractivity contribution is 0.0732. The Hall–Kier alpha value is -0.810. The largest absolute Gasteiger partial charge is 0.450 e. The third-order valence-electron chi connectivity index (χ3n) is 3.65. The fraction of sp³-hybridized carbons (Fsp3) is 0.923. The second-order valence-corrected chi connectivity index (χ2v) is 5.36. The minimum atomic E-state index is -0.220. The molecule has 1 heterocycles. The smallest absolute Gasteiger partial charge is 0.409 e. The number of hydrogen-bond acceptors (Lipinski definition) is 4. The summed E-state index contributed by atoms with van der Waals surface area (Å²) in [5.41, 5.74) is 0. The molecule has 1 saturated heterocycles. The van der Waals surface area contributed by atoms with Crippen LogP contribution in [0.4, 0.5) is 4.79 Å². The van der Waals surface area contributed by atoms with Gasteiger partial charge in [-0.2, -0.15) is 0 Å². The summed E-state index contributed by atoms with van der Waals surface area (Å²) in [4.78, 5) is 13.6. The molecule has 1 saturated carbocycles. The topological polar surface area (TPSA) is 61.8 Å². The van der Waals surface area contributed by atoms with Gasteiger partial charge in [-0.15, -0.1) is 0 Å². The van der Waals surface area contributed by atoms with E-state index in [0.717, 1.165) is 19.4 Å². The highest BCUT2D eigenvalue weighted by Crippen LogP contribution is 2.25. The van der Waals surface area contributed by atoms with Gasteiger partial charge in [0.25, 0.3) is 0 Å². The molecule has 2 aliphatic rings. The van der Waals surface area contributed by atoms with Crippen LogP contribution < -0.4 is 5.32 Å². The molecule has 0 aromatic heterocycles. The maximum Gasteiger partial charge on any atom is 0.409 e. The van der Waals surface area contributed by atoms with Crippen molar-refractivity contribution >= 4 is 6.09 Å². The van der Waals surface area contributed by atoms with Gasteiger partial charge in [-0.1, -0.05) is 0 Å². The number of amides is 1. The Kier molecular flexibility index (Phi) is 4.83. The van der Waals surface area contributed by atoms with E-state index in [-0.39, 0.29) is 12.7 Å². The number of likely N-dealkylation sites (tertiary alicyclic amines) is 1. The summed E-state index contributed by atoms with van der Waals surface area (Å²) in [6.45, 7) is 3.88. The van der Waals surface area contributed by atoms with Gasteiger partial charge >= 0.3 is 6.09 Å². The van der Waals surface area contributed by atoms with Crippen LogP contribution in [0, 0.1) is 5.92 Å². The molecule has 1 aliphatic heterocycles. The van der Waals surface area contributed by atoms with Crippen LogP contribution in [0.15, 0.2) is 0 Å². The molecule has 0 aromatic carbocycles. The molecule has 5 nitrogen and oxygen atoms in total. The zero-order chi connectivity index (χ0) is 13.0. The van der Waals surface area contributed by atoms with Crippen molar-refractivity contribution in [2.24, 2.45) is 5.92 Å². The van der Waals surface area contributed by atoms with E-state index in [1.165, 1.54) is 12.8 Å². The number of hydrogen-bond donors (Lipinski definition) is 2. The van der Waals surface area contributed by atoms with E-state index in [2.05, 4.69) is 5.32 Å². The molecular formula is C13H24N2O3. The Bertz CT molecular complexity index is 281. The van der Waals surface area contributed by atoms with Crippen molar-refractivity contribution in [3.05, 3.63) is 0 Å². The quantitative estimate of drug-likeness (QED) is 0.769. The van der Waals surface area contributed by atoms with Crippen LogP contribution >= 0.6 is 0 Å². The number of nitrogens with zero attached hydrogens (tertiary/aromatic N) is 1. The summed E-state index contributed by atoms with van der Waals surface area (Å²) >= 11 is 0. The van der Waals surface area contributed by atoms with Gasteiger partial charge < -0.3 is 20.1 Å². The zero-order valence-electron chi connectivity index (χ0n) is 11.1. The molecule has 2 atom stereocenters. The van der Waals surface area contributed by atoms with Gasteiger partial charge in [0.05, 0.1) is 6.61 Å². The monoisotopic (exact) mass is 256 g/mol. The minimum Gasteiger partial charge on any atom is -0.450 e. The normalized spacial score (nSPS) is 28.2. The van der Waals surface area contributed by atoms with Crippen LogP contribution in [-0.4, -0.2) is 54.5 Å². The van der Waals surface area contributed by atoms with Gasteiger partial charge in [-0.05, 0) is 38.5 Å². The van der Waals surface area contributed by atoms with Crippen molar-refractivity contribution in [1.82, 2.24) is 10.2 Å². The van der Waals surface area contributed by atoms with E-state index in [4.69, 9.17) is 9.84 Å². The first kappa shape index (κ1) is 13.6. The van der Waals surface area contributed by atoms with Crippen LogP contribution in [0.2, 0.25) is 0 Å². The SMILES string of the molecule is CCOC(=O)N1CC(CCO)CC(NC2CC2)C1. The van der Waals surface area contributed by atoms with Crippen molar-refractivity contribution in [3.63, 3.8) is 0 Å². The molecule has 104 valence electrons. The molecule has 18 heavy (non-hydrogen) atoms. The number of carbonyl (C=O) groups excluding carboxylic acids is 1. The number of aliphatic hydroxyl groups excluding tert-OH is 1. The number of ether oxygens (including phenoxy) is 1. The maximum absolute atomic E-state index is 11.8. The van der Waals surface area contributed by atoms with E-state index in [1.807, 2.05) is 6.92 Å². The molecule has 1 amide bonds. The molecular weight excluding hydrogens is 232 g/mol. The Morgan fingerprint density at radius 1 is 1.39 bits per heavy atom. The standard InChI is InChI=1S/C13H24N2O3/c1-2-18-13(17)15-8-10(5-6-16)7-12(9-15)14-11-3-4-11/h10-12,14,16H,2-9H2,1H3. The first-order valence-electron chi connectivity index (χ1n) is 7.01. The first-order valence-corrected chi connectivity index (χ1v) is 7.01. The fourth-order valence-corrected chi connectivity index (χ4v) is 2.66. The van der Waals surface area contributed by atoms with Gasteiger partial charge in [0.15, 0.2) is 0 Å². The van der Waals surface area contributed by atoms with Crippen LogP contribution in [0.3, 0.4) is 0 Å². The highest BCUT2D eigenvalue weighted by Gasteiger charge is 2.33. The Balaban J connectivity index is 1.89.